The first-order valence-electron chi connectivity index (χ1n) is 8.26. The largest absolute Gasteiger partial charge is 0.497 e. The van der Waals surface area contributed by atoms with E-state index >= 15 is 0 Å². The SMILES string of the molecule is COc1ccc(-c2csc(NC(=O)CN3CCCC(C)C3)n2)cc1. The van der Waals surface area contributed by atoms with Crippen molar-refractivity contribution in [1.29, 1.82) is 0 Å². The van der Waals surface area contributed by atoms with Crippen LogP contribution in [0.15, 0.2) is 29.6 Å². The van der Waals surface area contributed by atoms with E-state index in [0.29, 0.717) is 17.6 Å². The third-order valence-corrected chi connectivity index (χ3v) is 5.00. The van der Waals surface area contributed by atoms with Crippen molar-refractivity contribution in [3.05, 3.63) is 29.6 Å². The lowest BCUT2D eigenvalue weighted by molar-refractivity contribution is -0.117. The van der Waals surface area contributed by atoms with Crippen molar-refractivity contribution >= 4 is 22.4 Å². The summed E-state index contributed by atoms with van der Waals surface area (Å²) in [6.45, 7) is 4.70. The van der Waals surface area contributed by atoms with Crippen molar-refractivity contribution < 1.29 is 9.53 Å². The van der Waals surface area contributed by atoms with Gasteiger partial charge in [-0.3, -0.25) is 9.69 Å². The summed E-state index contributed by atoms with van der Waals surface area (Å²) in [6, 6.07) is 7.75. The van der Waals surface area contributed by atoms with E-state index < -0.39 is 0 Å². The predicted molar refractivity (Wildman–Crippen MR) is 97.6 cm³/mol. The van der Waals surface area contributed by atoms with Gasteiger partial charge in [0.15, 0.2) is 5.13 Å². The fourth-order valence-corrected chi connectivity index (χ4v) is 3.75. The molecule has 6 heteroatoms. The number of hydrogen-bond donors (Lipinski definition) is 1. The van der Waals surface area contributed by atoms with Crippen LogP contribution in [0, 0.1) is 5.92 Å². The standard InChI is InChI=1S/C18H23N3O2S/c1-13-4-3-9-21(10-13)11-17(22)20-18-19-16(12-24-18)14-5-7-15(23-2)8-6-14/h5-8,12-13H,3-4,9-11H2,1-2H3,(H,19,20,22). The molecule has 1 amide bonds. The Morgan fingerprint density at radius 2 is 2.21 bits per heavy atom. The molecule has 24 heavy (non-hydrogen) atoms. The van der Waals surface area contributed by atoms with Gasteiger partial charge in [-0.05, 0) is 49.6 Å². The zero-order valence-corrected chi connectivity index (χ0v) is 14.9. The Morgan fingerprint density at radius 3 is 2.92 bits per heavy atom. The number of carbonyl (C=O) groups excluding carboxylic acids is 1. The van der Waals surface area contributed by atoms with Gasteiger partial charge < -0.3 is 10.1 Å². The molecule has 0 radical (unpaired) electrons. The van der Waals surface area contributed by atoms with E-state index in [0.717, 1.165) is 30.1 Å². The van der Waals surface area contributed by atoms with E-state index in [-0.39, 0.29) is 5.91 Å². The van der Waals surface area contributed by atoms with Gasteiger partial charge in [0, 0.05) is 17.5 Å². The highest BCUT2D eigenvalue weighted by Gasteiger charge is 2.19. The fourth-order valence-electron chi connectivity index (χ4n) is 3.02. The summed E-state index contributed by atoms with van der Waals surface area (Å²) in [5, 5.41) is 5.53. The number of piperidine rings is 1. The molecule has 2 heterocycles. The number of methoxy groups -OCH3 is 1. The van der Waals surface area contributed by atoms with Crippen LogP contribution in [0.3, 0.4) is 0 Å². The van der Waals surface area contributed by atoms with Crippen LogP contribution in [0.25, 0.3) is 11.3 Å². The Balaban J connectivity index is 1.57. The second-order valence-electron chi connectivity index (χ2n) is 6.30. The van der Waals surface area contributed by atoms with Gasteiger partial charge >= 0.3 is 0 Å². The maximum absolute atomic E-state index is 12.2. The molecule has 1 N–H and O–H groups in total. The first-order chi connectivity index (χ1) is 11.6. The molecule has 1 atom stereocenters. The van der Waals surface area contributed by atoms with Crippen LogP contribution in [0.1, 0.15) is 19.8 Å². The lowest BCUT2D eigenvalue weighted by Gasteiger charge is -2.29. The van der Waals surface area contributed by atoms with Crippen molar-refractivity contribution in [2.75, 3.05) is 32.1 Å². The lowest BCUT2D eigenvalue weighted by atomic mass is 10.0. The van der Waals surface area contributed by atoms with Gasteiger partial charge in [-0.15, -0.1) is 11.3 Å². The van der Waals surface area contributed by atoms with Gasteiger partial charge in [0.05, 0.1) is 19.3 Å². The first kappa shape index (κ1) is 16.9. The minimum atomic E-state index is 0.0136. The number of carbonyl (C=O) groups is 1. The van der Waals surface area contributed by atoms with Gasteiger partial charge in [0.25, 0.3) is 0 Å². The minimum absolute atomic E-state index is 0.0136. The molecule has 5 nitrogen and oxygen atoms in total. The van der Waals surface area contributed by atoms with Gasteiger partial charge in [-0.25, -0.2) is 4.98 Å². The number of likely N-dealkylation sites (tertiary alicyclic amines) is 1. The molecule has 0 spiro atoms. The third kappa shape index (κ3) is 4.33. The van der Waals surface area contributed by atoms with E-state index in [1.54, 1.807) is 7.11 Å². The topological polar surface area (TPSA) is 54.5 Å². The minimum Gasteiger partial charge on any atom is -0.497 e. The quantitative estimate of drug-likeness (QED) is 0.901. The van der Waals surface area contributed by atoms with Crippen molar-refractivity contribution in [3.63, 3.8) is 0 Å². The van der Waals surface area contributed by atoms with Gasteiger partial charge in [0.2, 0.25) is 5.91 Å². The number of anilines is 1. The van der Waals surface area contributed by atoms with E-state index in [4.69, 9.17) is 4.74 Å². The van der Waals surface area contributed by atoms with Crippen LogP contribution in [-0.2, 0) is 4.79 Å². The summed E-state index contributed by atoms with van der Waals surface area (Å²) in [5.41, 5.74) is 1.88. The molecular weight excluding hydrogens is 322 g/mol. The lowest BCUT2D eigenvalue weighted by Crippen LogP contribution is -2.39. The molecule has 1 aliphatic heterocycles. The number of ether oxygens (including phenoxy) is 1. The molecule has 3 rings (SSSR count). The first-order valence-corrected chi connectivity index (χ1v) is 9.14. The highest BCUT2D eigenvalue weighted by atomic mass is 32.1. The van der Waals surface area contributed by atoms with Gasteiger partial charge in [-0.2, -0.15) is 0 Å². The summed E-state index contributed by atoms with van der Waals surface area (Å²) < 4.78 is 5.16. The molecule has 1 fully saturated rings. The average Bonchev–Trinajstić information content (AvgIpc) is 3.03. The predicted octanol–water partition coefficient (Wildman–Crippen LogP) is 3.49. The van der Waals surface area contributed by atoms with Crippen molar-refractivity contribution in [3.8, 4) is 17.0 Å². The number of benzene rings is 1. The zero-order chi connectivity index (χ0) is 16.9. The number of thiazole rings is 1. The van der Waals surface area contributed by atoms with E-state index in [9.17, 15) is 4.79 Å². The summed E-state index contributed by atoms with van der Waals surface area (Å²) in [4.78, 5) is 18.9. The molecule has 1 aromatic heterocycles. The number of amides is 1. The Kier molecular flexibility index (Phi) is 5.48. The highest BCUT2D eigenvalue weighted by Crippen LogP contribution is 2.26. The van der Waals surface area contributed by atoms with E-state index in [1.165, 1.54) is 24.2 Å². The van der Waals surface area contributed by atoms with Gasteiger partial charge in [-0.1, -0.05) is 6.92 Å². The van der Waals surface area contributed by atoms with Crippen molar-refractivity contribution in [2.45, 2.75) is 19.8 Å². The zero-order valence-electron chi connectivity index (χ0n) is 14.1. The Labute approximate surface area is 146 Å². The van der Waals surface area contributed by atoms with Crippen molar-refractivity contribution in [1.82, 2.24) is 9.88 Å². The summed E-state index contributed by atoms with van der Waals surface area (Å²) >= 11 is 1.45. The number of aromatic nitrogens is 1. The monoisotopic (exact) mass is 345 g/mol. The molecule has 1 aromatic carbocycles. The molecular formula is C18H23N3O2S. The highest BCUT2D eigenvalue weighted by molar-refractivity contribution is 7.14. The molecule has 0 bridgehead atoms. The maximum atomic E-state index is 12.2. The van der Waals surface area contributed by atoms with Crippen LogP contribution < -0.4 is 10.1 Å². The number of nitrogens with zero attached hydrogens (tertiary/aromatic N) is 2. The second-order valence-corrected chi connectivity index (χ2v) is 7.16. The third-order valence-electron chi connectivity index (χ3n) is 4.24. The molecule has 2 aromatic rings. The number of hydrogen-bond acceptors (Lipinski definition) is 5. The van der Waals surface area contributed by atoms with Crippen LogP contribution in [0.2, 0.25) is 0 Å². The Bertz CT molecular complexity index is 684. The maximum Gasteiger partial charge on any atom is 0.240 e. The smallest absolute Gasteiger partial charge is 0.240 e. The molecule has 0 aliphatic carbocycles. The molecule has 1 unspecified atom stereocenters. The van der Waals surface area contributed by atoms with Crippen LogP contribution >= 0.6 is 11.3 Å². The van der Waals surface area contributed by atoms with Crippen LogP contribution in [0.4, 0.5) is 5.13 Å². The molecule has 0 saturated carbocycles. The van der Waals surface area contributed by atoms with Gasteiger partial charge in [0.1, 0.15) is 5.75 Å². The molecule has 128 valence electrons. The summed E-state index contributed by atoms with van der Waals surface area (Å²) in [6.07, 6.45) is 2.43. The normalized spacial score (nSPS) is 18.3. The Hall–Kier alpha value is -1.92. The van der Waals surface area contributed by atoms with E-state index in [1.807, 2.05) is 29.6 Å². The summed E-state index contributed by atoms with van der Waals surface area (Å²) in [5.74, 6) is 1.51. The number of nitrogens with one attached hydrogen (secondary N) is 1. The fraction of sp³-hybridized carbons (Fsp3) is 0.444. The summed E-state index contributed by atoms with van der Waals surface area (Å²) in [7, 11) is 1.65. The van der Waals surface area contributed by atoms with E-state index in [2.05, 4.69) is 22.1 Å². The number of rotatable bonds is 5. The van der Waals surface area contributed by atoms with Crippen molar-refractivity contribution in [2.24, 2.45) is 5.92 Å². The molecule has 1 aliphatic rings. The second kappa shape index (κ2) is 7.77. The average molecular weight is 345 g/mol. The van der Waals surface area contributed by atoms with Crippen LogP contribution in [-0.4, -0.2) is 42.5 Å². The van der Waals surface area contributed by atoms with Crippen LogP contribution in [0.5, 0.6) is 5.75 Å². The molecule has 1 saturated heterocycles. The Morgan fingerprint density at radius 1 is 1.42 bits per heavy atom.